The van der Waals surface area contributed by atoms with Gasteiger partial charge in [-0.15, -0.1) is 0 Å². The minimum Gasteiger partial charge on any atom is -0.497 e. The van der Waals surface area contributed by atoms with Crippen molar-refractivity contribution in [1.82, 2.24) is 0 Å². The Bertz CT molecular complexity index is 361. The van der Waals surface area contributed by atoms with Crippen LogP contribution in [-0.4, -0.2) is 34.1 Å². The molecule has 5 nitrogen and oxygen atoms in total. The maximum absolute atomic E-state index is 11.5. The highest BCUT2D eigenvalue weighted by molar-refractivity contribution is 5.92. The number of hydrogen-bond donors (Lipinski definition) is 0. The van der Waals surface area contributed by atoms with E-state index in [-0.39, 0.29) is 6.79 Å². The fraction of sp³-hybridized carbons (Fsp3) is 0.364. The second-order valence-electron chi connectivity index (χ2n) is 2.90. The lowest BCUT2D eigenvalue weighted by Crippen LogP contribution is -2.07. The third-order valence-corrected chi connectivity index (χ3v) is 1.92. The molecule has 0 aromatic heterocycles. The summed E-state index contributed by atoms with van der Waals surface area (Å²) in [6.45, 7) is 0.0658. The van der Waals surface area contributed by atoms with Gasteiger partial charge in [-0.1, -0.05) is 0 Å². The second-order valence-corrected chi connectivity index (χ2v) is 2.90. The summed E-state index contributed by atoms with van der Waals surface area (Å²) >= 11 is 0. The molecule has 0 unspecified atom stereocenters. The van der Waals surface area contributed by atoms with Crippen LogP contribution in [0.1, 0.15) is 10.4 Å². The first-order valence-electron chi connectivity index (χ1n) is 4.61. The van der Waals surface area contributed by atoms with E-state index in [4.69, 9.17) is 14.2 Å². The number of benzene rings is 1. The molecule has 0 N–H and O–H groups in total. The largest absolute Gasteiger partial charge is 0.497 e. The molecule has 1 aromatic carbocycles. The van der Waals surface area contributed by atoms with E-state index in [1.54, 1.807) is 18.2 Å². The van der Waals surface area contributed by atoms with Gasteiger partial charge in [0.15, 0.2) is 6.79 Å². The predicted molar refractivity (Wildman–Crippen MR) is 56.8 cm³/mol. The summed E-state index contributed by atoms with van der Waals surface area (Å²) in [5, 5.41) is 0. The molecule has 0 fully saturated rings. The first-order valence-corrected chi connectivity index (χ1v) is 4.61. The van der Waals surface area contributed by atoms with Crippen LogP contribution in [0.15, 0.2) is 18.2 Å². The van der Waals surface area contributed by atoms with Gasteiger partial charge in [0.1, 0.15) is 17.1 Å². The Kier molecular flexibility index (Phi) is 4.60. The highest BCUT2D eigenvalue weighted by atomic mass is 16.7. The Morgan fingerprint density at radius 3 is 2.56 bits per heavy atom. The van der Waals surface area contributed by atoms with Crippen molar-refractivity contribution in [1.29, 1.82) is 0 Å². The van der Waals surface area contributed by atoms with Gasteiger partial charge in [-0.05, 0) is 18.2 Å². The van der Waals surface area contributed by atoms with E-state index in [0.717, 1.165) is 0 Å². The molecule has 1 aromatic rings. The van der Waals surface area contributed by atoms with Crippen LogP contribution in [0.5, 0.6) is 11.5 Å². The summed E-state index contributed by atoms with van der Waals surface area (Å²) in [5.41, 5.74) is 0.305. The first-order chi connectivity index (χ1) is 7.72. The number of esters is 1. The molecule has 16 heavy (non-hydrogen) atoms. The van der Waals surface area contributed by atoms with Gasteiger partial charge in [-0.2, -0.15) is 0 Å². The molecule has 0 heterocycles. The van der Waals surface area contributed by atoms with Gasteiger partial charge in [-0.25, -0.2) is 4.79 Å². The average molecular weight is 226 g/mol. The molecular formula is C11H14O5. The summed E-state index contributed by atoms with van der Waals surface area (Å²) in [5.74, 6) is 0.477. The molecule has 0 bridgehead atoms. The zero-order chi connectivity index (χ0) is 12.0. The topological polar surface area (TPSA) is 54.0 Å². The van der Waals surface area contributed by atoms with Crippen molar-refractivity contribution >= 4 is 5.97 Å². The highest BCUT2D eigenvalue weighted by Crippen LogP contribution is 2.24. The van der Waals surface area contributed by atoms with Gasteiger partial charge in [-0.3, -0.25) is 0 Å². The molecule has 0 saturated heterocycles. The Hall–Kier alpha value is -1.75. The Morgan fingerprint density at radius 2 is 2.00 bits per heavy atom. The van der Waals surface area contributed by atoms with Crippen molar-refractivity contribution in [2.24, 2.45) is 0 Å². The Labute approximate surface area is 93.9 Å². The summed E-state index contributed by atoms with van der Waals surface area (Å²) in [6.07, 6.45) is 0. The van der Waals surface area contributed by atoms with Crippen molar-refractivity contribution in [3.63, 3.8) is 0 Å². The number of carbonyl (C=O) groups excluding carboxylic acids is 1. The van der Waals surface area contributed by atoms with Crippen LogP contribution < -0.4 is 9.47 Å². The number of methoxy groups -OCH3 is 3. The predicted octanol–water partition coefficient (Wildman–Crippen LogP) is 1.46. The second kappa shape index (κ2) is 5.97. The number of hydrogen-bond acceptors (Lipinski definition) is 5. The third kappa shape index (κ3) is 2.87. The molecule has 0 radical (unpaired) electrons. The van der Waals surface area contributed by atoms with Crippen LogP contribution >= 0.6 is 0 Å². The van der Waals surface area contributed by atoms with E-state index in [2.05, 4.69) is 4.74 Å². The smallest absolute Gasteiger partial charge is 0.341 e. The quantitative estimate of drug-likeness (QED) is 0.562. The number of ether oxygens (including phenoxy) is 4. The van der Waals surface area contributed by atoms with E-state index in [1.807, 2.05) is 0 Å². The zero-order valence-electron chi connectivity index (χ0n) is 9.48. The molecule has 0 aliphatic carbocycles. The molecule has 0 saturated carbocycles. The SMILES string of the molecule is COCOc1ccc(OC)cc1C(=O)OC. The minimum absolute atomic E-state index is 0.0658. The van der Waals surface area contributed by atoms with Crippen LogP contribution in [0.25, 0.3) is 0 Å². The lowest BCUT2D eigenvalue weighted by molar-refractivity contribution is 0.0464. The Balaban J connectivity index is 3.01. The average Bonchev–Trinajstić information content (AvgIpc) is 2.35. The van der Waals surface area contributed by atoms with Crippen molar-refractivity contribution < 1.29 is 23.7 Å². The van der Waals surface area contributed by atoms with Crippen LogP contribution in [-0.2, 0) is 9.47 Å². The minimum atomic E-state index is -0.481. The molecule has 0 aliphatic heterocycles. The van der Waals surface area contributed by atoms with Crippen LogP contribution in [0.2, 0.25) is 0 Å². The maximum Gasteiger partial charge on any atom is 0.341 e. The van der Waals surface area contributed by atoms with Crippen LogP contribution in [0, 0.1) is 0 Å². The monoisotopic (exact) mass is 226 g/mol. The fourth-order valence-corrected chi connectivity index (χ4v) is 1.15. The zero-order valence-corrected chi connectivity index (χ0v) is 9.48. The molecule has 0 amide bonds. The van der Waals surface area contributed by atoms with Gasteiger partial charge in [0, 0.05) is 7.11 Å². The van der Waals surface area contributed by atoms with Crippen LogP contribution in [0.3, 0.4) is 0 Å². The van der Waals surface area contributed by atoms with Gasteiger partial charge < -0.3 is 18.9 Å². The molecule has 0 aliphatic rings. The first kappa shape index (κ1) is 12.3. The third-order valence-electron chi connectivity index (χ3n) is 1.92. The van der Waals surface area contributed by atoms with Gasteiger partial charge in [0.25, 0.3) is 0 Å². The summed E-state index contributed by atoms with van der Waals surface area (Å²) < 4.78 is 19.7. The van der Waals surface area contributed by atoms with E-state index in [9.17, 15) is 4.79 Å². The number of carbonyl (C=O) groups is 1. The van der Waals surface area contributed by atoms with E-state index in [0.29, 0.717) is 17.1 Å². The fourth-order valence-electron chi connectivity index (χ4n) is 1.15. The van der Waals surface area contributed by atoms with E-state index in [1.165, 1.54) is 21.3 Å². The van der Waals surface area contributed by atoms with Crippen molar-refractivity contribution in [3.8, 4) is 11.5 Å². The van der Waals surface area contributed by atoms with Crippen molar-refractivity contribution in [3.05, 3.63) is 23.8 Å². The number of rotatable bonds is 5. The van der Waals surface area contributed by atoms with Gasteiger partial charge in [0.05, 0.1) is 14.2 Å². The molecular weight excluding hydrogens is 212 g/mol. The normalized spacial score (nSPS) is 9.69. The summed E-state index contributed by atoms with van der Waals surface area (Å²) in [7, 11) is 4.33. The molecule has 88 valence electrons. The van der Waals surface area contributed by atoms with Gasteiger partial charge in [0.2, 0.25) is 0 Å². The molecule has 1 rings (SSSR count). The summed E-state index contributed by atoms with van der Waals surface area (Å²) in [6, 6.07) is 4.87. The van der Waals surface area contributed by atoms with Crippen LogP contribution in [0.4, 0.5) is 0 Å². The molecule has 0 spiro atoms. The van der Waals surface area contributed by atoms with E-state index < -0.39 is 5.97 Å². The molecule has 5 heteroatoms. The highest BCUT2D eigenvalue weighted by Gasteiger charge is 2.14. The van der Waals surface area contributed by atoms with Gasteiger partial charge >= 0.3 is 5.97 Å². The molecule has 0 atom stereocenters. The summed E-state index contributed by atoms with van der Waals surface area (Å²) in [4.78, 5) is 11.5. The van der Waals surface area contributed by atoms with Crippen molar-refractivity contribution in [2.75, 3.05) is 28.1 Å². The lowest BCUT2D eigenvalue weighted by atomic mass is 10.2. The standard InChI is InChI=1S/C11H14O5/c1-13-7-16-10-5-4-8(14-2)6-9(10)11(12)15-3/h4-6H,7H2,1-3H3. The van der Waals surface area contributed by atoms with E-state index >= 15 is 0 Å². The lowest BCUT2D eigenvalue weighted by Gasteiger charge is -2.10. The van der Waals surface area contributed by atoms with Crippen molar-refractivity contribution in [2.45, 2.75) is 0 Å². The maximum atomic E-state index is 11.5. The Morgan fingerprint density at radius 1 is 1.25 bits per heavy atom.